The minimum absolute atomic E-state index is 0.0178. The van der Waals surface area contributed by atoms with E-state index < -0.39 is 6.36 Å². The van der Waals surface area contributed by atoms with Crippen molar-refractivity contribution in [2.45, 2.75) is 26.3 Å². The van der Waals surface area contributed by atoms with Crippen molar-refractivity contribution in [3.05, 3.63) is 60.6 Å². The fourth-order valence-corrected chi connectivity index (χ4v) is 3.15. The Bertz CT molecular complexity index is 1210. The lowest BCUT2D eigenvalue weighted by Gasteiger charge is -2.10. The molecule has 10 heteroatoms. The van der Waals surface area contributed by atoms with Crippen LogP contribution in [0.2, 0.25) is 0 Å². The number of benzene rings is 2. The van der Waals surface area contributed by atoms with E-state index in [9.17, 15) is 18.0 Å². The third-order valence-corrected chi connectivity index (χ3v) is 4.47. The molecule has 0 aliphatic carbocycles. The first-order chi connectivity index (χ1) is 14.8. The number of hydrogen-bond donors (Lipinski definition) is 1. The van der Waals surface area contributed by atoms with Crippen LogP contribution in [0, 0.1) is 0 Å². The number of para-hydroxylation sites is 1. The Morgan fingerprint density at radius 3 is 2.55 bits per heavy atom. The molecule has 0 spiro atoms. The first-order valence-corrected chi connectivity index (χ1v) is 9.38. The van der Waals surface area contributed by atoms with Crippen LogP contribution < -0.4 is 10.1 Å². The van der Waals surface area contributed by atoms with E-state index in [1.54, 1.807) is 10.8 Å². The molecule has 7 nitrogen and oxygen atoms in total. The lowest BCUT2D eigenvalue weighted by atomic mass is 10.2. The van der Waals surface area contributed by atoms with Crippen LogP contribution in [0.4, 0.5) is 18.9 Å². The third kappa shape index (κ3) is 4.68. The molecular formula is C21H17F3N4O3. The molecule has 4 aromatic rings. The monoisotopic (exact) mass is 430 g/mol. The van der Waals surface area contributed by atoms with Gasteiger partial charge in [0.05, 0.1) is 5.56 Å². The molecule has 0 aliphatic rings. The molecule has 160 valence electrons. The number of nitrogens with one attached hydrogen (secondary N) is 1. The minimum atomic E-state index is -4.77. The standard InChI is InChI=1S/C21H17F3N4O3/c1-2-19-26-27-20(30-19)16-11-28(17-6-4-3-5-15(16)17)12-18(29)25-13-7-9-14(10-8-13)31-21(22,23)24/h3-11H,2,12H2,1H3,(H,25,29). The fraction of sp³-hybridized carbons (Fsp3) is 0.190. The largest absolute Gasteiger partial charge is 0.573 e. The number of carbonyl (C=O) groups excluding carboxylic acids is 1. The number of rotatable bonds is 6. The lowest BCUT2D eigenvalue weighted by Crippen LogP contribution is -2.18. The highest BCUT2D eigenvalue weighted by Crippen LogP contribution is 2.30. The molecule has 1 amide bonds. The van der Waals surface area contributed by atoms with Gasteiger partial charge in [-0.25, -0.2) is 0 Å². The molecule has 0 aliphatic heterocycles. The Morgan fingerprint density at radius 1 is 1.13 bits per heavy atom. The van der Waals surface area contributed by atoms with Gasteiger partial charge in [-0.15, -0.1) is 23.4 Å². The summed E-state index contributed by atoms with van der Waals surface area (Å²) >= 11 is 0. The van der Waals surface area contributed by atoms with Crippen molar-refractivity contribution in [2.24, 2.45) is 0 Å². The molecule has 1 N–H and O–H groups in total. The van der Waals surface area contributed by atoms with E-state index in [0.717, 1.165) is 23.0 Å². The molecule has 2 aromatic carbocycles. The fourth-order valence-electron chi connectivity index (χ4n) is 3.15. The number of hydrogen-bond acceptors (Lipinski definition) is 5. The second-order valence-electron chi connectivity index (χ2n) is 6.66. The van der Waals surface area contributed by atoms with Crippen LogP contribution in [0.15, 0.2) is 59.1 Å². The van der Waals surface area contributed by atoms with Crippen LogP contribution in [-0.4, -0.2) is 27.0 Å². The first kappa shape index (κ1) is 20.5. The van der Waals surface area contributed by atoms with E-state index in [1.807, 2.05) is 31.2 Å². The molecular weight excluding hydrogens is 413 g/mol. The summed E-state index contributed by atoms with van der Waals surface area (Å²) < 4.78 is 48.0. The van der Waals surface area contributed by atoms with Gasteiger partial charge >= 0.3 is 6.36 Å². The van der Waals surface area contributed by atoms with Crippen molar-refractivity contribution in [3.63, 3.8) is 0 Å². The van der Waals surface area contributed by atoms with Crippen LogP contribution in [0.5, 0.6) is 5.75 Å². The van der Waals surface area contributed by atoms with E-state index >= 15 is 0 Å². The van der Waals surface area contributed by atoms with Gasteiger partial charge in [0.2, 0.25) is 17.7 Å². The smallest absolute Gasteiger partial charge is 0.421 e. The van der Waals surface area contributed by atoms with E-state index in [0.29, 0.717) is 29.5 Å². The Kier molecular flexibility index (Phi) is 5.37. The molecule has 31 heavy (non-hydrogen) atoms. The number of nitrogens with zero attached hydrogens (tertiary/aromatic N) is 3. The Morgan fingerprint density at radius 2 is 1.87 bits per heavy atom. The highest BCUT2D eigenvalue weighted by atomic mass is 19.4. The maximum Gasteiger partial charge on any atom is 0.573 e. The molecule has 0 unspecified atom stereocenters. The van der Waals surface area contributed by atoms with Crippen LogP contribution in [0.3, 0.4) is 0 Å². The summed E-state index contributed by atoms with van der Waals surface area (Å²) in [6.45, 7) is 1.89. The summed E-state index contributed by atoms with van der Waals surface area (Å²) in [5.74, 6) is 0.170. The van der Waals surface area contributed by atoms with E-state index in [-0.39, 0.29) is 18.2 Å². The minimum Gasteiger partial charge on any atom is -0.421 e. The highest BCUT2D eigenvalue weighted by molar-refractivity contribution is 5.96. The van der Waals surface area contributed by atoms with Crippen molar-refractivity contribution in [1.82, 2.24) is 14.8 Å². The topological polar surface area (TPSA) is 82.2 Å². The number of fused-ring (bicyclic) bond motifs is 1. The molecule has 2 aromatic heterocycles. The number of alkyl halides is 3. The van der Waals surface area contributed by atoms with Crippen molar-refractivity contribution in [1.29, 1.82) is 0 Å². The predicted molar refractivity (Wildman–Crippen MR) is 106 cm³/mol. The number of halogens is 3. The van der Waals surface area contributed by atoms with Crippen LogP contribution in [-0.2, 0) is 17.8 Å². The van der Waals surface area contributed by atoms with Gasteiger partial charge in [0.1, 0.15) is 12.3 Å². The van der Waals surface area contributed by atoms with E-state index in [2.05, 4.69) is 20.3 Å². The maximum atomic E-state index is 12.5. The van der Waals surface area contributed by atoms with E-state index in [4.69, 9.17) is 4.42 Å². The van der Waals surface area contributed by atoms with Crippen molar-refractivity contribution in [3.8, 4) is 17.2 Å². The molecule has 0 saturated heterocycles. The molecule has 0 saturated carbocycles. The quantitative estimate of drug-likeness (QED) is 0.476. The summed E-state index contributed by atoms with van der Waals surface area (Å²) in [5.41, 5.74) is 1.86. The first-order valence-electron chi connectivity index (χ1n) is 9.38. The zero-order chi connectivity index (χ0) is 22.0. The van der Waals surface area contributed by atoms with Gasteiger partial charge in [0.15, 0.2) is 0 Å². The molecule has 0 fully saturated rings. The summed E-state index contributed by atoms with van der Waals surface area (Å²) in [6.07, 6.45) is -2.40. The second kappa shape index (κ2) is 8.13. The van der Waals surface area contributed by atoms with Crippen LogP contribution in [0.1, 0.15) is 12.8 Å². The van der Waals surface area contributed by atoms with Crippen LogP contribution >= 0.6 is 0 Å². The van der Waals surface area contributed by atoms with Gasteiger partial charge in [-0.3, -0.25) is 4.79 Å². The van der Waals surface area contributed by atoms with E-state index in [1.165, 1.54) is 12.1 Å². The maximum absolute atomic E-state index is 12.5. The Balaban J connectivity index is 1.52. The SMILES string of the molecule is CCc1nnc(-c2cn(CC(=O)Nc3ccc(OC(F)(F)F)cc3)c3ccccc23)o1. The number of amides is 1. The molecule has 4 rings (SSSR count). The molecule has 0 radical (unpaired) electrons. The normalized spacial score (nSPS) is 11.6. The molecule has 0 atom stereocenters. The molecule has 2 heterocycles. The highest BCUT2D eigenvalue weighted by Gasteiger charge is 2.31. The second-order valence-corrected chi connectivity index (χ2v) is 6.66. The summed E-state index contributed by atoms with van der Waals surface area (Å²) in [7, 11) is 0. The average Bonchev–Trinajstić information content (AvgIpc) is 3.33. The number of anilines is 1. The van der Waals surface area contributed by atoms with Crippen molar-refractivity contribution >= 4 is 22.5 Å². The third-order valence-electron chi connectivity index (χ3n) is 4.47. The summed E-state index contributed by atoms with van der Waals surface area (Å²) in [6, 6.07) is 12.4. The Hall–Kier alpha value is -3.82. The van der Waals surface area contributed by atoms with Crippen molar-refractivity contribution < 1.29 is 27.1 Å². The van der Waals surface area contributed by atoms with Gasteiger partial charge in [0, 0.05) is 29.2 Å². The van der Waals surface area contributed by atoms with Crippen LogP contribution in [0.25, 0.3) is 22.4 Å². The average molecular weight is 430 g/mol. The summed E-state index contributed by atoms with van der Waals surface area (Å²) in [4.78, 5) is 12.5. The summed E-state index contributed by atoms with van der Waals surface area (Å²) in [5, 5.41) is 11.6. The van der Waals surface area contributed by atoms with Gasteiger partial charge in [0.25, 0.3) is 0 Å². The van der Waals surface area contributed by atoms with Gasteiger partial charge in [-0.1, -0.05) is 25.1 Å². The number of ether oxygens (including phenoxy) is 1. The number of carbonyl (C=O) groups is 1. The van der Waals surface area contributed by atoms with Gasteiger partial charge in [-0.2, -0.15) is 0 Å². The zero-order valence-corrected chi connectivity index (χ0v) is 16.3. The lowest BCUT2D eigenvalue weighted by molar-refractivity contribution is -0.274. The van der Waals surface area contributed by atoms with Crippen molar-refractivity contribution in [2.75, 3.05) is 5.32 Å². The Labute approximate surface area is 174 Å². The molecule has 0 bridgehead atoms. The number of aryl methyl sites for hydroxylation is 1. The van der Waals surface area contributed by atoms with Gasteiger partial charge in [-0.05, 0) is 30.3 Å². The van der Waals surface area contributed by atoms with Gasteiger partial charge < -0.3 is 19.0 Å². The predicted octanol–water partition coefficient (Wildman–Crippen LogP) is 4.79. The zero-order valence-electron chi connectivity index (χ0n) is 16.3. The number of aromatic nitrogens is 3.